The van der Waals surface area contributed by atoms with Crippen molar-refractivity contribution in [2.45, 2.75) is 33.6 Å². The minimum atomic E-state index is -0.369. The first kappa shape index (κ1) is 15.5. The molecule has 0 fully saturated rings. The van der Waals surface area contributed by atoms with Gasteiger partial charge in [0, 0.05) is 19.6 Å². The number of carbonyl (C=O) groups is 1. The van der Waals surface area contributed by atoms with Gasteiger partial charge in [0.05, 0.1) is 11.3 Å². The van der Waals surface area contributed by atoms with Gasteiger partial charge in [0.1, 0.15) is 5.82 Å². The lowest BCUT2D eigenvalue weighted by atomic mass is 10.1. The number of nitrogens with zero attached hydrogens (tertiary/aromatic N) is 1. The van der Waals surface area contributed by atoms with E-state index < -0.39 is 0 Å². The molecule has 1 amide bonds. The molecule has 3 nitrogen and oxygen atoms in total. The maximum Gasteiger partial charge on any atom is 0.256 e. The fourth-order valence-corrected chi connectivity index (χ4v) is 1.98. The highest BCUT2D eigenvalue weighted by atomic mass is 19.1. The van der Waals surface area contributed by atoms with E-state index in [1.165, 1.54) is 6.07 Å². The van der Waals surface area contributed by atoms with Gasteiger partial charge >= 0.3 is 0 Å². The van der Waals surface area contributed by atoms with Crippen LogP contribution in [0.2, 0.25) is 0 Å². The molecule has 1 aromatic carbocycles. The van der Waals surface area contributed by atoms with Crippen LogP contribution in [0.25, 0.3) is 0 Å². The van der Waals surface area contributed by atoms with Crippen LogP contribution in [0.4, 0.5) is 10.1 Å². The predicted octanol–water partition coefficient (Wildman–Crippen LogP) is 3.52. The molecule has 106 valence electrons. The van der Waals surface area contributed by atoms with Crippen LogP contribution < -0.4 is 5.32 Å². The number of amides is 1. The van der Waals surface area contributed by atoms with Gasteiger partial charge in [-0.2, -0.15) is 0 Å². The number of rotatable bonds is 7. The quantitative estimate of drug-likeness (QED) is 0.819. The van der Waals surface area contributed by atoms with Crippen molar-refractivity contribution in [3.05, 3.63) is 29.6 Å². The van der Waals surface area contributed by atoms with E-state index in [9.17, 15) is 9.18 Å². The molecule has 0 aliphatic carbocycles. The number of hydrogen-bond acceptors (Lipinski definition) is 2. The molecule has 0 aromatic heterocycles. The normalized spacial score (nSPS) is 10.3. The Bertz CT molecular complexity index is 421. The summed E-state index contributed by atoms with van der Waals surface area (Å²) in [7, 11) is 0. The van der Waals surface area contributed by atoms with Gasteiger partial charge in [0.25, 0.3) is 5.91 Å². The van der Waals surface area contributed by atoms with Crippen molar-refractivity contribution in [1.29, 1.82) is 0 Å². The Labute approximate surface area is 114 Å². The molecule has 0 bridgehead atoms. The monoisotopic (exact) mass is 266 g/mol. The third-order valence-electron chi connectivity index (χ3n) is 2.96. The van der Waals surface area contributed by atoms with Gasteiger partial charge in [0.2, 0.25) is 0 Å². The minimum absolute atomic E-state index is 0.109. The second kappa shape index (κ2) is 7.77. The van der Waals surface area contributed by atoms with Crippen molar-refractivity contribution in [1.82, 2.24) is 4.90 Å². The second-order valence-electron chi connectivity index (χ2n) is 4.47. The van der Waals surface area contributed by atoms with Gasteiger partial charge in [-0.25, -0.2) is 4.39 Å². The summed E-state index contributed by atoms with van der Waals surface area (Å²) in [5, 5.41) is 3.01. The largest absolute Gasteiger partial charge is 0.382 e. The Kier molecular flexibility index (Phi) is 6.33. The van der Waals surface area contributed by atoms with E-state index in [1.54, 1.807) is 17.0 Å². The van der Waals surface area contributed by atoms with Crippen molar-refractivity contribution in [2.24, 2.45) is 0 Å². The van der Waals surface area contributed by atoms with Crippen LogP contribution in [0.5, 0.6) is 0 Å². The van der Waals surface area contributed by atoms with Gasteiger partial charge < -0.3 is 10.2 Å². The number of carbonyl (C=O) groups excluding carboxylic acids is 1. The average molecular weight is 266 g/mol. The fourth-order valence-electron chi connectivity index (χ4n) is 1.98. The van der Waals surface area contributed by atoms with Crippen LogP contribution in [0.3, 0.4) is 0 Å². The van der Waals surface area contributed by atoms with Crippen LogP contribution in [0.15, 0.2) is 18.2 Å². The molecule has 1 rings (SSSR count). The third kappa shape index (κ3) is 3.94. The molecule has 4 heteroatoms. The molecule has 0 aliphatic heterocycles. The van der Waals surface area contributed by atoms with Gasteiger partial charge in [0.15, 0.2) is 0 Å². The molecular weight excluding hydrogens is 243 g/mol. The number of hydrogen-bond donors (Lipinski definition) is 1. The maximum absolute atomic E-state index is 13.9. The highest BCUT2D eigenvalue weighted by molar-refractivity contribution is 5.99. The summed E-state index contributed by atoms with van der Waals surface area (Å²) in [6.45, 7) is 7.95. The Morgan fingerprint density at radius 1 is 1.26 bits per heavy atom. The van der Waals surface area contributed by atoms with Gasteiger partial charge in [-0.3, -0.25) is 4.79 Å². The van der Waals surface area contributed by atoms with E-state index in [2.05, 4.69) is 5.32 Å². The standard InChI is InChI=1S/C15H23FN2O/c1-4-10-17-14-12(8-7-9-13(14)16)15(19)18(6-3)11-5-2/h7-9,17H,4-6,10-11H2,1-3H3. The molecule has 0 saturated heterocycles. The van der Waals surface area contributed by atoms with Crippen LogP contribution in [-0.4, -0.2) is 30.4 Å². The Morgan fingerprint density at radius 3 is 2.58 bits per heavy atom. The van der Waals surface area contributed by atoms with Crippen LogP contribution in [0, 0.1) is 5.82 Å². The van der Waals surface area contributed by atoms with Crippen LogP contribution in [0.1, 0.15) is 44.0 Å². The van der Waals surface area contributed by atoms with Gasteiger partial charge in [-0.05, 0) is 31.9 Å². The second-order valence-corrected chi connectivity index (χ2v) is 4.47. The zero-order valence-electron chi connectivity index (χ0n) is 12.0. The van der Waals surface area contributed by atoms with Crippen LogP contribution in [-0.2, 0) is 0 Å². The SMILES string of the molecule is CCCNc1c(F)cccc1C(=O)N(CC)CCC. The summed E-state index contributed by atoms with van der Waals surface area (Å²) in [5.74, 6) is -0.477. The maximum atomic E-state index is 13.9. The number of para-hydroxylation sites is 1. The molecule has 0 atom stereocenters. The average Bonchev–Trinajstić information content (AvgIpc) is 2.42. The lowest BCUT2D eigenvalue weighted by Crippen LogP contribution is -2.32. The highest BCUT2D eigenvalue weighted by Crippen LogP contribution is 2.21. The fraction of sp³-hybridized carbons (Fsp3) is 0.533. The first-order valence-corrected chi connectivity index (χ1v) is 6.97. The van der Waals surface area contributed by atoms with E-state index in [0.717, 1.165) is 12.8 Å². The van der Waals surface area contributed by atoms with Crippen LogP contribution >= 0.6 is 0 Å². The molecular formula is C15H23FN2O. The summed E-state index contributed by atoms with van der Waals surface area (Å²) < 4.78 is 13.9. The van der Waals surface area contributed by atoms with Gasteiger partial charge in [-0.1, -0.05) is 19.9 Å². The van der Waals surface area contributed by atoms with E-state index in [-0.39, 0.29) is 11.7 Å². The molecule has 0 radical (unpaired) electrons. The van der Waals surface area contributed by atoms with Crippen molar-refractivity contribution in [3.8, 4) is 0 Å². The number of benzene rings is 1. The first-order valence-electron chi connectivity index (χ1n) is 6.97. The van der Waals surface area contributed by atoms with E-state index in [0.29, 0.717) is 30.9 Å². The molecule has 1 aromatic rings. The number of anilines is 1. The zero-order valence-corrected chi connectivity index (χ0v) is 12.0. The van der Waals surface area contributed by atoms with Crippen molar-refractivity contribution < 1.29 is 9.18 Å². The van der Waals surface area contributed by atoms with Gasteiger partial charge in [-0.15, -0.1) is 0 Å². The third-order valence-corrected chi connectivity index (χ3v) is 2.96. The van der Waals surface area contributed by atoms with Crippen molar-refractivity contribution >= 4 is 11.6 Å². The van der Waals surface area contributed by atoms with E-state index in [4.69, 9.17) is 0 Å². The smallest absolute Gasteiger partial charge is 0.256 e. The number of halogens is 1. The van der Waals surface area contributed by atoms with Crippen molar-refractivity contribution in [2.75, 3.05) is 25.0 Å². The molecule has 0 heterocycles. The highest BCUT2D eigenvalue weighted by Gasteiger charge is 2.19. The lowest BCUT2D eigenvalue weighted by Gasteiger charge is -2.22. The molecule has 19 heavy (non-hydrogen) atoms. The molecule has 0 saturated carbocycles. The Morgan fingerprint density at radius 2 is 2.00 bits per heavy atom. The molecule has 1 N–H and O–H groups in total. The van der Waals surface area contributed by atoms with Crippen molar-refractivity contribution in [3.63, 3.8) is 0 Å². The summed E-state index contributed by atoms with van der Waals surface area (Å²) in [6.07, 6.45) is 1.78. The minimum Gasteiger partial charge on any atom is -0.382 e. The molecule has 0 aliphatic rings. The zero-order chi connectivity index (χ0) is 14.3. The summed E-state index contributed by atoms with van der Waals surface area (Å²) in [4.78, 5) is 14.2. The molecule has 0 unspecified atom stereocenters. The Hall–Kier alpha value is -1.58. The first-order chi connectivity index (χ1) is 9.15. The summed E-state index contributed by atoms with van der Waals surface area (Å²) in [5.41, 5.74) is 0.743. The van der Waals surface area contributed by atoms with E-state index in [1.807, 2.05) is 20.8 Å². The predicted molar refractivity (Wildman–Crippen MR) is 77.0 cm³/mol. The Balaban J connectivity index is 3.03. The summed E-state index contributed by atoms with van der Waals surface area (Å²) >= 11 is 0. The summed E-state index contributed by atoms with van der Waals surface area (Å²) in [6, 6.07) is 4.64. The molecule has 0 spiro atoms. The topological polar surface area (TPSA) is 32.3 Å². The van der Waals surface area contributed by atoms with E-state index >= 15 is 0 Å². The lowest BCUT2D eigenvalue weighted by molar-refractivity contribution is 0.0765. The number of nitrogens with one attached hydrogen (secondary N) is 1.